The Labute approximate surface area is 116 Å². The third-order valence-corrected chi connectivity index (χ3v) is 2.33. The number of ketones is 1. The van der Waals surface area contributed by atoms with Gasteiger partial charge in [0.05, 0.1) is 6.10 Å². The molecule has 0 amide bonds. The Morgan fingerprint density at radius 1 is 1.22 bits per heavy atom. The normalized spacial score (nSPS) is 10.3. The fraction of sp³-hybridized carbons (Fsp3) is 0.500. The zero-order chi connectivity index (χ0) is 12.8. The molecule has 0 saturated carbocycles. The monoisotopic (exact) mass is 271 g/mol. The van der Waals surface area contributed by atoms with Crippen LogP contribution in [-0.2, 0) is 0 Å². The summed E-state index contributed by atoms with van der Waals surface area (Å²) in [6, 6.07) is 7.36. The Hall–Kier alpha value is -1.06. The summed E-state index contributed by atoms with van der Waals surface area (Å²) in [6.45, 7) is 4.75. The first-order chi connectivity index (χ1) is 7.99. The molecular formula is C14H22ClNO2. The van der Waals surface area contributed by atoms with Gasteiger partial charge in [0, 0.05) is 18.5 Å². The predicted molar refractivity (Wildman–Crippen MR) is 77.0 cm³/mol. The van der Waals surface area contributed by atoms with Crippen LogP contribution in [0.4, 0.5) is 0 Å². The van der Waals surface area contributed by atoms with Crippen molar-refractivity contribution in [3.05, 3.63) is 29.8 Å². The molecule has 0 spiro atoms. The first kappa shape index (κ1) is 16.9. The Bertz CT molecular complexity index is 361. The van der Waals surface area contributed by atoms with Crippen LogP contribution < -0.4 is 4.74 Å². The van der Waals surface area contributed by atoms with Gasteiger partial charge < -0.3 is 9.64 Å². The second-order valence-electron chi connectivity index (χ2n) is 4.67. The fourth-order valence-electron chi connectivity index (χ4n) is 1.46. The van der Waals surface area contributed by atoms with Gasteiger partial charge in [-0.05, 0) is 52.2 Å². The molecule has 18 heavy (non-hydrogen) atoms. The van der Waals surface area contributed by atoms with Gasteiger partial charge in [0.2, 0.25) is 0 Å². The maximum Gasteiger partial charge on any atom is 0.164 e. The van der Waals surface area contributed by atoms with Gasteiger partial charge in [0.1, 0.15) is 5.75 Å². The third kappa shape index (κ3) is 6.03. The topological polar surface area (TPSA) is 29.5 Å². The summed E-state index contributed by atoms with van der Waals surface area (Å²) in [5.74, 6) is 0.985. The highest BCUT2D eigenvalue weighted by Gasteiger charge is 2.06. The van der Waals surface area contributed by atoms with E-state index in [0.717, 1.165) is 17.9 Å². The van der Waals surface area contributed by atoms with Crippen molar-refractivity contribution >= 4 is 18.2 Å². The van der Waals surface area contributed by atoms with Crippen molar-refractivity contribution in [2.45, 2.75) is 26.4 Å². The summed E-state index contributed by atoms with van der Waals surface area (Å²) >= 11 is 0. The number of hydrogen-bond acceptors (Lipinski definition) is 3. The number of benzene rings is 1. The molecule has 0 unspecified atom stereocenters. The number of ether oxygens (including phenoxy) is 1. The summed E-state index contributed by atoms with van der Waals surface area (Å²) in [6.07, 6.45) is 0.711. The Kier molecular flexibility index (Phi) is 7.64. The van der Waals surface area contributed by atoms with Crippen LogP contribution in [0, 0.1) is 0 Å². The van der Waals surface area contributed by atoms with Crippen LogP contribution in [0.5, 0.6) is 5.75 Å². The summed E-state index contributed by atoms with van der Waals surface area (Å²) in [4.78, 5) is 13.8. The molecular weight excluding hydrogens is 250 g/mol. The molecule has 0 radical (unpaired) electrons. The van der Waals surface area contributed by atoms with E-state index in [1.54, 1.807) is 0 Å². The van der Waals surface area contributed by atoms with Crippen molar-refractivity contribution in [1.82, 2.24) is 4.90 Å². The molecule has 0 aliphatic heterocycles. The Morgan fingerprint density at radius 2 is 1.78 bits per heavy atom. The SMILES string of the molecule is CC(C)Oc1ccc(C(=O)CCN(C)C)cc1.Cl. The Balaban J connectivity index is 0.00000289. The van der Waals surface area contributed by atoms with Gasteiger partial charge in [-0.15, -0.1) is 12.4 Å². The quantitative estimate of drug-likeness (QED) is 0.745. The van der Waals surface area contributed by atoms with Gasteiger partial charge in [0.25, 0.3) is 0 Å². The van der Waals surface area contributed by atoms with Crippen LogP contribution in [0.3, 0.4) is 0 Å². The Morgan fingerprint density at radius 3 is 2.22 bits per heavy atom. The number of nitrogens with zero attached hydrogens (tertiary/aromatic N) is 1. The number of halogens is 1. The lowest BCUT2D eigenvalue weighted by atomic mass is 10.1. The molecule has 0 aromatic heterocycles. The van der Waals surface area contributed by atoms with E-state index in [-0.39, 0.29) is 24.3 Å². The molecule has 0 atom stereocenters. The molecule has 0 heterocycles. The number of Topliss-reactive ketones (excluding diaryl/α,β-unsaturated/α-hetero) is 1. The molecule has 102 valence electrons. The standard InChI is InChI=1S/C14H21NO2.ClH/c1-11(2)17-13-7-5-12(6-8-13)14(16)9-10-15(3)4;/h5-8,11H,9-10H2,1-4H3;1H. The maximum atomic E-state index is 11.8. The molecule has 0 N–H and O–H groups in total. The van der Waals surface area contributed by atoms with Crippen molar-refractivity contribution < 1.29 is 9.53 Å². The number of rotatable bonds is 6. The van der Waals surface area contributed by atoms with E-state index in [1.807, 2.05) is 57.1 Å². The van der Waals surface area contributed by atoms with E-state index in [1.165, 1.54) is 0 Å². The lowest BCUT2D eigenvalue weighted by Gasteiger charge is -2.10. The second-order valence-corrected chi connectivity index (χ2v) is 4.67. The number of hydrogen-bond donors (Lipinski definition) is 0. The lowest BCUT2D eigenvalue weighted by molar-refractivity contribution is 0.0972. The molecule has 0 aliphatic carbocycles. The molecule has 1 aromatic rings. The van der Waals surface area contributed by atoms with E-state index < -0.39 is 0 Å². The van der Waals surface area contributed by atoms with Crippen LogP contribution in [0.15, 0.2) is 24.3 Å². The average Bonchev–Trinajstić information content (AvgIpc) is 2.26. The zero-order valence-corrected chi connectivity index (χ0v) is 12.3. The van der Waals surface area contributed by atoms with Crippen LogP contribution in [-0.4, -0.2) is 37.4 Å². The van der Waals surface area contributed by atoms with Gasteiger partial charge in [0.15, 0.2) is 5.78 Å². The molecule has 0 saturated heterocycles. The second kappa shape index (κ2) is 8.11. The maximum absolute atomic E-state index is 11.8. The minimum atomic E-state index is 0. The summed E-state index contributed by atoms with van der Waals surface area (Å²) in [5.41, 5.74) is 0.753. The molecule has 3 nitrogen and oxygen atoms in total. The van der Waals surface area contributed by atoms with Gasteiger partial charge in [-0.1, -0.05) is 0 Å². The van der Waals surface area contributed by atoms with Crippen molar-refractivity contribution in [2.75, 3.05) is 20.6 Å². The van der Waals surface area contributed by atoms with Gasteiger partial charge >= 0.3 is 0 Å². The molecule has 0 aliphatic rings. The third-order valence-electron chi connectivity index (χ3n) is 2.33. The highest BCUT2D eigenvalue weighted by molar-refractivity contribution is 5.96. The van der Waals surface area contributed by atoms with Crippen molar-refractivity contribution in [3.8, 4) is 5.75 Å². The van der Waals surface area contributed by atoms with E-state index in [0.29, 0.717) is 6.42 Å². The van der Waals surface area contributed by atoms with E-state index in [9.17, 15) is 4.79 Å². The van der Waals surface area contributed by atoms with E-state index in [4.69, 9.17) is 4.74 Å². The summed E-state index contributed by atoms with van der Waals surface area (Å²) in [7, 11) is 3.93. The van der Waals surface area contributed by atoms with Crippen LogP contribution in [0.1, 0.15) is 30.6 Å². The van der Waals surface area contributed by atoms with Gasteiger partial charge in [-0.25, -0.2) is 0 Å². The van der Waals surface area contributed by atoms with Crippen LogP contribution in [0.2, 0.25) is 0 Å². The highest BCUT2D eigenvalue weighted by atomic mass is 35.5. The summed E-state index contributed by atoms with van der Waals surface area (Å²) in [5, 5.41) is 0. The van der Waals surface area contributed by atoms with Gasteiger partial charge in [-0.2, -0.15) is 0 Å². The first-order valence-electron chi connectivity index (χ1n) is 5.93. The van der Waals surface area contributed by atoms with E-state index >= 15 is 0 Å². The predicted octanol–water partition coefficient (Wildman–Crippen LogP) is 3.03. The zero-order valence-electron chi connectivity index (χ0n) is 11.5. The summed E-state index contributed by atoms with van der Waals surface area (Å²) < 4.78 is 5.53. The minimum absolute atomic E-state index is 0. The fourth-order valence-corrected chi connectivity index (χ4v) is 1.46. The molecule has 0 fully saturated rings. The smallest absolute Gasteiger partial charge is 0.164 e. The molecule has 1 aromatic carbocycles. The lowest BCUT2D eigenvalue weighted by Crippen LogP contribution is -2.16. The van der Waals surface area contributed by atoms with E-state index in [2.05, 4.69) is 0 Å². The van der Waals surface area contributed by atoms with Crippen molar-refractivity contribution in [2.24, 2.45) is 0 Å². The van der Waals surface area contributed by atoms with Crippen molar-refractivity contribution in [1.29, 1.82) is 0 Å². The minimum Gasteiger partial charge on any atom is -0.491 e. The first-order valence-corrected chi connectivity index (χ1v) is 5.93. The van der Waals surface area contributed by atoms with Crippen LogP contribution >= 0.6 is 12.4 Å². The molecule has 4 heteroatoms. The number of carbonyl (C=O) groups excluding carboxylic acids is 1. The highest BCUT2D eigenvalue weighted by Crippen LogP contribution is 2.14. The largest absolute Gasteiger partial charge is 0.491 e. The van der Waals surface area contributed by atoms with Gasteiger partial charge in [-0.3, -0.25) is 4.79 Å². The van der Waals surface area contributed by atoms with Crippen LogP contribution in [0.25, 0.3) is 0 Å². The molecule has 1 rings (SSSR count). The molecule has 0 bridgehead atoms. The average molecular weight is 272 g/mol. The van der Waals surface area contributed by atoms with Crippen molar-refractivity contribution in [3.63, 3.8) is 0 Å². The number of carbonyl (C=O) groups is 1.